The molecule has 2 rings (SSSR count). The van der Waals surface area contributed by atoms with Gasteiger partial charge < -0.3 is 0 Å². The number of halogens is 1. The van der Waals surface area contributed by atoms with Crippen LogP contribution in [-0.4, -0.2) is 9.97 Å². The van der Waals surface area contributed by atoms with Gasteiger partial charge >= 0.3 is 0 Å². The Morgan fingerprint density at radius 2 is 2.31 bits per heavy atom. The van der Waals surface area contributed by atoms with E-state index in [1.807, 2.05) is 5.38 Å². The van der Waals surface area contributed by atoms with Crippen LogP contribution in [0.1, 0.15) is 5.56 Å². The smallest absolute Gasteiger partial charge is 0.141 e. The summed E-state index contributed by atoms with van der Waals surface area (Å²) < 4.78 is 0. The topological polar surface area (TPSA) is 25.8 Å². The molecule has 0 fully saturated rings. The molecule has 13 heavy (non-hydrogen) atoms. The van der Waals surface area contributed by atoms with Crippen LogP contribution in [0.3, 0.4) is 0 Å². The maximum absolute atomic E-state index is 5.94. The van der Waals surface area contributed by atoms with Gasteiger partial charge in [0.05, 0.1) is 0 Å². The third-order valence-corrected chi connectivity index (χ3v) is 3.12. The standard InChI is InChI=1S/C9H7ClN2S/c1-6-2-3-13-8(6)7-4-11-5-12-9(7)10/h2-5H,1H3. The van der Waals surface area contributed by atoms with Crippen LogP contribution in [0.4, 0.5) is 0 Å². The minimum Gasteiger partial charge on any atom is -0.244 e. The van der Waals surface area contributed by atoms with Gasteiger partial charge in [-0.15, -0.1) is 11.3 Å². The summed E-state index contributed by atoms with van der Waals surface area (Å²) in [4.78, 5) is 9.03. The van der Waals surface area contributed by atoms with Gasteiger partial charge in [0, 0.05) is 16.6 Å². The summed E-state index contributed by atoms with van der Waals surface area (Å²) in [6, 6.07) is 2.06. The summed E-state index contributed by atoms with van der Waals surface area (Å²) in [5.74, 6) is 0. The van der Waals surface area contributed by atoms with Crippen LogP contribution in [0.2, 0.25) is 5.15 Å². The zero-order chi connectivity index (χ0) is 9.26. The highest BCUT2D eigenvalue weighted by atomic mass is 35.5. The Hall–Kier alpha value is -0.930. The summed E-state index contributed by atoms with van der Waals surface area (Å²) in [5, 5.41) is 2.55. The van der Waals surface area contributed by atoms with E-state index >= 15 is 0 Å². The zero-order valence-corrected chi connectivity index (χ0v) is 8.56. The molecule has 0 radical (unpaired) electrons. The van der Waals surface area contributed by atoms with E-state index in [2.05, 4.69) is 23.0 Å². The Labute approximate surface area is 85.2 Å². The van der Waals surface area contributed by atoms with Gasteiger partial charge in [0.2, 0.25) is 0 Å². The number of aromatic nitrogens is 2. The first-order valence-electron chi connectivity index (χ1n) is 3.79. The third-order valence-electron chi connectivity index (χ3n) is 1.77. The van der Waals surface area contributed by atoms with E-state index in [0.717, 1.165) is 10.4 Å². The Morgan fingerprint density at radius 3 is 2.92 bits per heavy atom. The van der Waals surface area contributed by atoms with E-state index < -0.39 is 0 Å². The average molecular weight is 211 g/mol. The molecule has 2 aromatic heterocycles. The maximum Gasteiger partial charge on any atom is 0.141 e. The van der Waals surface area contributed by atoms with Crippen molar-refractivity contribution in [3.63, 3.8) is 0 Å². The van der Waals surface area contributed by atoms with E-state index in [1.165, 1.54) is 11.9 Å². The predicted octanol–water partition coefficient (Wildman–Crippen LogP) is 3.17. The molecule has 66 valence electrons. The van der Waals surface area contributed by atoms with Gasteiger partial charge in [0.15, 0.2) is 0 Å². The lowest BCUT2D eigenvalue weighted by Gasteiger charge is -1.99. The summed E-state index contributed by atoms with van der Waals surface area (Å²) in [7, 11) is 0. The van der Waals surface area contributed by atoms with Gasteiger partial charge in [-0.05, 0) is 23.9 Å². The van der Waals surface area contributed by atoms with Crippen molar-refractivity contribution >= 4 is 22.9 Å². The number of rotatable bonds is 1. The second-order valence-electron chi connectivity index (χ2n) is 2.66. The Balaban J connectivity index is 2.59. The highest BCUT2D eigenvalue weighted by molar-refractivity contribution is 7.13. The molecule has 0 saturated carbocycles. The third kappa shape index (κ3) is 1.57. The van der Waals surface area contributed by atoms with Crippen LogP contribution in [0.25, 0.3) is 10.4 Å². The molecule has 0 unspecified atom stereocenters. The van der Waals surface area contributed by atoms with Crippen molar-refractivity contribution in [1.82, 2.24) is 9.97 Å². The number of hydrogen-bond donors (Lipinski definition) is 0. The van der Waals surface area contributed by atoms with Crippen LogP contribution in [-0.2, 0) is 0 Å². The van der Waals surface area contributed by atoms with E-state index in [4.69, 9.17) is 11.6 Å². The van der Waals surface area contributed by atoms with Crippen molar-refractivity contribution in [3.05, 3.63) is 34.7 Å². The van der Waals surface area contributed by atoms with Crippen molar-refractivity contribution in [3.8, 4) is 10.4 Å². The van der Waals surface area contributed by atoms with Gasteiger partial charge in [-0.3, -0.25) is 0 Å². The molecule has 0 aliphatic heterocycles. The van der Waals surface area contributed by atoms with Gasteiger partial charge in [0.1, 0.15) is 11.5 Å². The molecular weight excluding hydrogens is 204 g/mol. The largest absolute Gasteiger partial charge is 0.244 e. The minimum atomic E-state index is 0.514. The predicted molar refractivity (Wildman–Crippen MR) is 55.1 cm³/mol. The van der Waals surface area contributed by atoms with E-state index in [-0.39, 0.29) is 0 Å². The van der Waals surface area contributed by atoms with E-state index in [9.17, 15) is 0 Å². The fraction of sp³-hybridized carbons (Fsp3) is 0.111. The normalized spacial score (nSPS) is 10.3. The number of aryl methyl sites for hydroxylation is 1. The SMILES string of the molecule is Cc1ccsc1-c1cncnc1Cl. The first-order valence-corrected chi connectivity index (χ1v) is 5.05. The zero-order valence-electron chi connectivity index (χ0n) is 6.99. The number of nitrogens with zero attached hydrogens (tertiary/aromatic N) is 2. The van der Waals surface area contributed by atoms with Gasteiger partial charge in [-0.25, -0.2) is 9.97 Å². The lowest BCUT2D eigenvalue weighted by Crippen LogP contribution is -1.83. The van der Waals surface area contributed by atoms with Crippen LogP contribution in [0.5, 0.6) is 0 Å². The van der Waals surface area contributed by atoms with Gasteiger partial charge in [-0.1, -0.05) is 11.6 Å². The Kier molecular flexibility index (Phi) is 2.29. The first-order chi connectivity index (χ1) is 6.29. The van der Waals surface area contributed by atoms with E-state index in [0.29, 0.717) is 5.15 Å². The van der Waals surface area contributed by atoms with Crippen molar-refractivity contribution in [2.45, 2.75) is 6.92 Å². The quantitative estimate of drug-likeness (QED) is 0.676. The number of hydrogen-bond acceptors (Lipinski definition) is 3. The average Bonchev–Trinajstić information content (AvgIpc) is 2.52. The molecule has 2 heterocycles. The molecule has 0 spiro atoms. The molecule has 0 aromatic carbocycles. The van der Waals surface area contributed by atoms with Crippen LogP contribution in [0, 0.1) is 6.92 Å². The van der Waals surface area contributed by atoms with Crippen molar-refractivity contribution < 1.29 is 0 Å². The Bertz CT molecular complexity index is 425. The second-order valence-corrected chi connectivity index (χ2v) is 3.93. The van der Waals surface area contributed by atoms with Crippen molar-refractivity contribution in [2.75, 3.05) is 0 Å². The van der Waals surface area contributed by atoms with E-state index in [1.54, 1.807) is 17.5 Å². The minimum absolute atomic E-state index is 0.514. The molecule has 0 aliphatic rings. The summed E-state index contributed by atoms with van der Waals surface area (Å²) in [5.41, 5.74) is 2.12. The molecule has 0 amide bonds. The Morgan fingerprint density at radius 1 is 1.46 bits per heavy atom. The van der Waals surface area contributed by atoms with Gasteiger partial charge in [0.25, 0.3) is 0 Å². The van der Waals surface area contributed by atoms with Crippen molar-refractivity contribution in [2.24, 2.45) is 0 Å². The molecule has 0 atom stereocenters. The molecule has 2 aromatic rings. The summed E-state index contributed by atoms with van der Waals surface area (Å²) >= 11 is 7.60. The molecule has 0 bridgehead atoms. The van der Waals surface area contributed by atoms with Crippen molar-refractivity contribution in [1.29, 1.82) is 0 Å². The molecule has 0 saturated heterocycles. The molecule has 0 N–H and O–H groups in total. The fourth-order valence-electron chi connectivity index (χ4n) is 1.12. The van der Waals surface area contributed by atoms with Crippen LogP contribution in [0.15, 0.2) is 24.0 Å². The highest BCUT2D eigenvalue weighted by Gasteiger charge is 2.07. The molecule has 0 aliphatic carbocycles. The molecular formula is C9H7ClN2S. The number of thiophene rings is 1. The lowest BCUT2D eigenvalue weighted by molar-refractivity contribution is 1.17. The fourth-order valence-corrected chi connectivity index (χ4v) is 2.30. The maximum atomic E-state index is 5.94. The second kappa shape index (κ2) is 3.44. The lowest BCUT2D eigenvalue weighted by atomic mass is 10.2. The molecule has 4 heteroatoms. The highest BCUT2D eigenvalue weighted by Crippen LogP contribution is 2.32. The summed E-state index contributed by atoms with van der Waals surface area (Å²) in [6.07, 6.45) is 3.20. The van der Waals surface area contributed by atoms with Crippen LogP contribution < -0.4 is 0 Å². The van der Waals surface area contributed by atoms with Gasteiger partial charge in [-0.2, -0.15) is 0 Å². The van der Waals surface area contributed by atoms with Crippen LogP contribution >= 0.6 is 22.9 Å². The molecule has 2 nitrogen and oxygen atoms in total. The summed E-state index contributed by atoms with van der Waals surface area (Å²) in [6.45, 7) is 2.05. The first kappa shape index (κ1) is 8.66. The monoisotopic (exact) mass is 210 g/mol.